The molecule has 0 bridgehead atoms. The van der Waals surface area contributed by atoms with Crippen molar-refractivity contribution in [1.29, 1.82) is 0 Å². The molecule has 0 aliphatic carbocycles. The van der Waals surface area contributed by atoms with Crippen LogP contribution in [-0.4, -0.2) is 43.9 Å². The molecule has 146 valence electrons. The average Bonchev–Trinajstić information content (AvgIpc) is 2.72. The molecule has 29 heavy (non-hydrogen) atoms. The number of hydrogen-bond acceptors (Lipinski definition) is 6. The minimum Gasteiger partial charge on any atom is -0.870 e. The number of ether oxygens (including phenoxy) is 3. The summed E-state index contributed by atoms with van der Waals surface area (Å²) in [6, 6.07) is 8.86. The third-order valence-corrected chi connectivity index (χ3v) is 3.26. The number of carbonyl (C=O) groups is 2. The van der Waals surface area contributed by atoms with Gasteiger partial charge in [-0.15, -0.1) is 0 Å². The van der Waals surface area contributed by atoms with Crippen LogP contribution >= 0.6 is 0 Å². The van der Waals surface area contributed by atoms with Crippen LogP contribution < -0.4 is 28.3 Å². The van der Waals surface area contributed by atoms with E-state index in [1.165, 1.54) is 45.6 Å². The fourth-order valence-electron chi connectivity index (χ4n) is 1.97. The van der Waals surface area contributed by atoms with Crippen molar-refractivity contribution in [3.8, 4) is 11.5 Å². The number of carboxylic acid groups (broad SMARTS) is 1. The van der Waals surface area contributed by atoms with E-state index in [4.69, 9.17) is 27.7 Å². The standard InChI is InChI=1S/C10H9NO3.C9H7NO3.Li.H2O/c1-11-7-4-5-9(13-2)8(6-7)10(12)14-3;1-10-6-3-4-8(13-2)7(5-6)9(11)12;;/h4-6H,2-3H3;3-5H,2H3,(H,11,12);;1H2/q;;+1;/p-1. The normalized spacial score (nSPS) is 8.31. The number of carbonyl (C=O) groups excluding carboxylic acids is 1. The Morgan fingerprint density at radius 1 is 0.862 bits per heavy atom. The summed E-state index contributed by atoms with van der Waals surface area (Å²) in [6.07, 6.45) is 0. The first-order valence-electron chi connectivity index (χ1n) is 7.34. The molecule has 0 radical (unpaired) electrons. The zero-order chi connectivity index (χ0) is 20.4. The van der Waals surface area contributed by atoms with E-state index in [-0.39, 0.29) is 41.2 Å². The second-order valence-electron chi connectivity index (χ2n) is 4.79. The van der Waals surface area contributed by atoms with E-state index in [0.29, 0.717) is 17.1 Å². The van der Waals surface area contributed by atoms with Gasteiger partial charge in [-0.2, -0.15) is 0 Å². The van der Waals surface area contributed by atoms with Crippen LogP contribution in [-0.2, 0) is 4.74 Å². The molecule has 0 saturated carbocycles. The van der Waals surface area contributed by atoms with Gasteiger partial charge in [-0.25, -0.2) is 19.3 Å². The third-order valence-electron chi connectivity index (χ3n) is 3.26. The van der Waals surface area contributed by atoms with E-state index in [0.717, 1.165) is 0 Å². The fourth-order valence-corrected chi connectivity index (χ4v) is 1.97. The Balaban J connectivity index is 0. The van der Waals surface area contributed by atoms with Crippen molar-refractivity contribution in [2.75, 3.05) is 21.3 Å². The molecule has 0 saturated heterocycles. The third kappa shape index (κ3) is 7.57. The molecule has 2 rings (SSSR count). The first-order chi connectivity index (χ1) is 12.9. The number of benzene rings is 2. The van der Waals surface area contributed by atoms with Crippen molar-refractivity contribution in [2.45, 2.75) is 0 Å². The largest absolute Gasteiger partial charge is 1.00 e. The van der Waals surface area contributed by atoms with Gasteiger partial charge >= 0.3 is 30.8 Å². The molecule has 0 aliphatic heterocycles. The Bertz CT molecular complexity index is 933. The van der Waals surface area contributed by atoms with Crippen LogP contribution in [0.15, 0.2) is 36.4 Å². The zero-order valence-electron chi connectivity index (χ0n) is 16.3. The molecular weight excluding hydrogens is 375 g/mol. The van der Waals surface area contributed by atoms with Crippen molar-refractivity contribution in [2.24, 2.45) is 0 Å². The number of aromatic carboxylic acids is 1. The van der Waals surface area contributed by atoms with Crippen LogP contribution in [0.25, 0.3) is 9.69 Å². The second-order valence-corrected chi connectivity index (χ2v) is 4.79. The Hall–Kier alpha value is -3.48. The predicted molar refractivity (Wildman–Crippen MR) is 98.7 cm³/mol. The second kappa shape index (κ2) is 13.7. The molecule has 0 amide bonds. The van der Waals surface area contributed by atoms with Gasteiger partial charge in [0.25, 0.3) is 0 Å². The molecule has 0 aliphatic rings. The number of methoxy groups -OCH3 is 3. The van der Waals surface area contributed by atoms with Gasteiger partial charge in [-0.05, 0) is 24.3 Å². The summed E-state index contributed by atoms with van der Waals surface area (Å²) in [7, 11) is 4.13. The van der Waals surface area contributed by atoms with Crippen LogP contribution in [0, 0.1) is 13.1 Å². The SMILES string of the molecule is [C-]#[N+]c1ccc(OC)c(C(=O)O)c1.[C-]#[N+]c1ccc(OC)c(C(=O)OC)c1.[Li+].[OH-]. The van der Waals surface area contributed by atoms with Crippen molar-refractivity contribution >= 4 is 23.3 Å². The maximum atomic E-state index is 11.3. The van der Waals surface area contributed by atoms with E-state index < -0.39 is 11.9 Å². The summed E-state index contributed by atoms with van der Waals surface area (Å²) in [5, 5.41) is 8.73. The van der Waals surface area contributed by atoms with Crippen LogP contribution in [0.1, 0.15) is 20.7 Å². The van der Waals surface area contributed by atoms with Gasteiger partial charge in [0.2, 0.25) is 0 Å². The molecule has 10 heteroatoms. The van der Waals surface area contributed by atoms with Gasteiger partial charge in [0.05, 0.1) is 45.6 Å². The van der Waals surface area contributed by atoms with Gasteiger partial charge in [0, 0.05) is 0 Å². The van der Waals surface area contributed by atoms with E-state index in [9.17, 15) is 9.59 Å². The zero-order valence-corrected chi connectivity index (χ0v) is 16.3. The van der Waals surface area contributed by atoms with Crippen molar-refractivity contribution in [3.63, 3.8) is 0 Å². The molecule has 0 heterocycles. The first-order valence-corrected chi connectivity index (χ1v) is 7.34. The molecule has 2 N–H and O–H groups in total. The minimum atomic E-state index is -1.10. The summed E-state index contributed by atoms with van der Waals surface area (Å²) in [5.41, 5.74) is 0.948. The van der Waals surface area contributed by atoms with Crippen LogP contribution in [0.5, 0.6) is 11.5 Å². The van der Waals surface area contributed by atoms with Gasteiger partial charge in [-0.1, -0.05) is 12.1 Å². The molecule has 2 aromatic rings. The van der Waals surface area contributed by atoms with Crippen LogP contribution in [0.2, 0.25) is 0 Å². The molecule has 9 nitrogen and oxygen atoms in total. The summed E-state index contributed by atoms with van der Waals surface area (Å²) >= 11 is 0. The summed E-state index contributed by atoms with van der Waals surface area (Å²) < 4.78 is 14.3. The number of nitrogens with zero attached hydrogens (tertiary/aromatic N) is 2. The maximum absolute atomic E-state index is 11.3. The Labute approximate surface area is 179 Å². The Kier molecular flexibility index (Phi) is 13.1. The van der Waals surface area contributed by atoms with E-state index >= 15 is 0 Å². The van der Waals surface area contributed by atoms with Crippen molar-refractivity contribution < 1.29 is 53.2 Å². The monoisotopic (exact) mass is 392 g/mol. The van der Waals surface area contributed by atoms with Crippen molar-refractivity contribution in [3.05, 3.63) is 70.4 Å². The predicted octanol–water partition coefficient (Wildman–Crippen LogP) is 0.804. The molecule has 0 aromatic heterocycles. The molecule has 0 unspecified atom stereocenters. The van der Waals surface area contributed by atoms with Crippen LogP contribution in [0.3, 0.4) is 0 Å². The Morgan fingerprint density at radius 3 is 1.62 bits per heavy atom. The minimum absolute atomic E-state index is 0. The van der Waals surface area contributed by atoms with Gasteiger partial charge in [-0.3, -0.25) is 0 Å². The van der Waals surface area contributed by atoms with Gasteiger partial charge < -0.3 is 24.8 Å². The molecule has 0 fully saturated rings. The van der Waals surface area contributed by atoms with Gasteiger partial charge in [0.15, 0.2) is 11.4 Å². The molecule has 2 aromatic carbocycles. The number of hydrogen-bond donors (Lipinski definition) is 1. The summed E-state index contributed by atoms with van der Waals surface area (Å²) in [5.74, 6) is -0.932. The van der Waals surface area contributed by atoms with Gasteiger partial charge in [0.1, 0.15) is 11.5 Å². The summed E-state index contributed by atoms with van der Waals surface area (Å²) in [4.78, 5) is 28.3. The van der Waals surface area contributed by atoms with E-state index in [2.05, 4.69) is 14.4 Å². The number of esters is 1. The Morgan fingerprint density at radius 2 is 1.28 bits per heavy atom. The first kappa shape index (κ1) is 27.7. The number of rotatable bonds is 4. The smallest absolute Gasteiger partial charge is 0.870 e. The molecule has 0 atom stereocenters. The average molecular weight is 392 g/mol. The van der Waals surface area contributed by atoms with E-state index in [1.807, 2.05) is 0 Å². The maximum Gasteiger partial charge on any atom is 1.00 e. The summed E-state index contributed by atoms with van der Waals surface area (Å²) in [6.45, 7) is 13.5. The van der Waals surface area contributed by atoms with Crippen molar-refractivity contribution in [1.82, 2.24) is 0 Å². The fraction of sp³-hybridized carbons (Fsp3) is 0.158. The van der Waals surface area contributed by atoms with E-state index in [1.54, 1.807) is 12.1 Å². The topological polar surface area (TPSA) is 121 Å². The molecule has 0 spiro atoms. The quantitative estimate of drug-likeness (QED) is 0.464. The van der Waals surface area contributed by atoms with Crippen LogP contribution in [0.4, 0.5) is 11.4 Å². The number of carboxylic acids is 1. The molecular formula is C19H17LiN2O7.